The molecule has 1 aromatic carbocycles. The Morgan fingerprint density at radius 1 is 1.22 bits per heavy atom. The molecule has 0 saturated heterocycles. The number of carbonyl (C=O) groups excluding carboxylic acids is 2. The molecular weight excluding hydrogens is 316 g/mol. The number of carbonyl (C=O) groups is 2. The lowest BCUT2D eigenvalue weighted by Crippen LogP contribution is -2.26. The van der Waals surface area contributed by atoms with Crippen molar-refractivity contribution in [1.82, 2.24) is 10.3 Å². The first-order chi connectivity index (χ1) is 10.9. The van der Waals surface area contributed by atoms with Gasteiger partial charge in [0, 0.05) is 17.3 Å². The maximum Gasteiger partial charge on any atom is 0.339 e. The Morgan fingerprint density at radius 3 is 2.48 bits per heavy atom. The molecule has 1 heterocycles. The van der Waals surface area contributed by atoms with E-state index in [1.54, 1.807) is 13.8 Å². The molecule has 0 radical (unpaired) electrons. The summed E-state index contributed by atoms with van der Waals surface area (Å²) in [6.45, 7) is 3.96. The van der Waals surface area contributed by atoms with Crippen molar-refractivity contribution in [3.05, 3.63) is 57.4 Å². The molecule has 23 heavy (non-hydrogen) atoms. The summed E-state index contributed by atoms with van der Waals surface area (Å²) >= 11 is 5.84. The number of aromatic amines is 1. The number of methoxy groups -OCH3 is 1. The molecule has 6 heteroatoms. The van der Waals surface area contributed by atoms with E-state index < -0.39 is 5.97 Å². The third kappa shape index (κ3) is 3.93. The van der Waals surface area contributed by atoms with Crippen molar-refractivity contribution < 1.29 is 14.3 Å². The Bertz CT molecular complexity index is 720. The zero-order valence-electron chi connectivity index (χ0n) is 13.3. The number of ether oxygens (including phenoxy) is 1. The van der Waals surface area contributed by atoms with Crippen LogP contribution in [0.4, 0.5) is 0 Å². The summed E-state index contributed by atoms with van der Waals surface area (Å²) in [6.07, 6.45) is 0.700. The molecule has 2 rings (SSSR count). The number of benzene rings is 1. The molecule has 0 spiro atoms. The number of hydrogen-bond acceptors (Lipinski definition) is 3. The number of nitrogens with one attached hydrogen (secondary N) is 2. The van der Waals surface area contributed by atoms with E-state index in [1.165, 1.54) is 7.11 Å². The van der Waals surface area contributed by atoms with Gasteiger partial charge in [0.05, 0.1) is 12.7 Å². The van der Waals surface area contributed by atoms with Crippen LogP contribution in [0.1, 0.15) is 37.7 Å². The van der Waals surface area contributed by atoms with Crippen LogP contribution in [0, 0.1) is 13.8 Å². The van der Waals surface area contributed by atoms with Crippen LogP contribution in [0.5, 0.6) is 0 Å². The van der Waals surface area contributed by atoms with Gasteiger partial charge in [0.15, 0.2) is 0 Å². The van der Waals surface area contributed by atoms with Gasteiger partial charge in [-0.1, -0.05) is 23.7 Å². The molecule has 0 aliphatic heterocycles. The van der Waals surface area contributed by atoms with E-state index >= 15 is 0 Å². The lowest BCUT2D eigenvalue weighted by atomic mass is 10.1. The second-order valence-electron chi connectivity index (χ2n) is 5.25. The lowest BCUT2D eigenvalue weighted by Gasteiger charge is -2.05. The zero-order chi connectivity index (χ0) is 17.0. The molecule has 0 fully saturated rings. The summed E-state index contributed by atoms with van der Waals surface area (Å²) in [7, 11) is 1.32. The standard InChI is InChI=1S/C17H19ClN2O3/c1-10-14(17(22)23-3)11(2)20-15(10)16(21)19-9-8-12-4-6-13(18)7-5-12/h4-7,20H,8-9H2,1-3H3,(H,19,21). The highest BCUT2D eigenvalue weighted by atomic mass is 35.5. The fourth-order valence-electron chi connectivity index (χ4n) is 2.45. The first-order valence-electron chi connectivity index (χ1n) is 7.24. The van der Waals surface area contributed by atoms with Gasteiger partial charge in [-0.15, -0.1) is 0 Å². The minimum atomic E-state index is -0.448. The lowest BCUT2D eigenvalue weighted by molar-refractivity contribution is 0.0599. The van der Waals surface area contributed by atoms with E-state index in [1.807, 2.05) is 24.3 Å². The van der Waals surface area contributed by atoms with E-state index in [0.717, 1.165) is 5.56 Å². The molecule has 1 aromatic heterocycles. The maximum absolute atomic E-state index is 12.3. The van der Waals surface area contributed by atoms with Crippen LogP contribution in [0.25, 0.3) is 0 Å². The van der Waals surface area contributed by atoms with Crippen molar-refractivity contribution >= 4 is 23.5 Å². The third-order valence-corrected chi connectivity index (χ3v) is 3.92. The monoisotopic (exact) mass is 334 g/mol. The topological polar surface area (TPSA) is 71.2 Å². The second kappa shape index (κ2) is 7.33. The van der Waals surface area contributed by atoms with E-state index in [9.17, 15) is 9.59 Å². The normalized spacial score (nSPS) is 10.4. The molecule has 122 valence electrons. The van der Waals surface area contributed by atoms with Gasteiger partial charge in [-0.05, 0) is 43.5 Å². The number of H-pyrrole nitrogens is 1. The quantitative estimate of drug-likeness (QED) is 0.825. The Balaban J connectivity index is 2.01. The summed E-state index contributed by atoms with van der Waals surface area (Å²) in [4.78, 5) is 27.0. The van der Waals surface area contributed by atoms with E-state index in [4.69, 9.17) is 16.3 Å². The summed E-state index contributed by atoms with van der Waals surface area (Å²) in [5, 5.41) is 3.53. The molecule has 0 aliphatic rings. The molecule has 5 nitrogen and oxygen atoms in total. The molecular formula is C17H19ClN2O3. The van der Waals surface area contributed by atoms with Crippen LogP contribution in [0.3, 0.4) is 0 Å². The SMILES string of the molecule is COC(=O)c1c(C)[nH]c(C(=O)NCCc2ccc(Cl)cc2)c1C. The van der Waals surface area contributed by atoms with E-state index in [2.05, 4.69) is 10.3 Å². The van der Waals surface area contributed by atoms with Crippen LogP contribution >= 0.6 is 11.6 Å². The Hall–Kier alpha value is -2.27. The van der Waals surface area contributed by atoms with Gasteiger partial charge in [-0.3, -0.25) is 4.79 Å². The third-order valence-electron chi connectivity index (χ3n) is 3.67. The van der Waals surface area contributed by atoms with Crippen molar-refractivity contribution in [2.75, 3.05) is 13.7 Å². The number of rotatable bonds is 5. The van der Waals surface area contributed by atoms with Crippen molar-refractivity contribution in [2.24, 2.45) is 0 Å². The van der Waals surface area contributed by atoms with Crippen molar-refractivity contribution in [3.8, 4) is 0 Å². The van der Waals surface area contributed by atoms with Gasteiger partial charge < -0.3 is 15.0 Å². The summed E-state index contributed by atoms with van der Waals surface area (Å²) in [6, 6.07) is 7.49. The van der Waals surface area contributed by atoms with Gasteiger partial charge in [0.2, 0.25) is 0 Å². The highest BCUT2D eigenvalue weighted by Gasteiger charge is 2.22. The summed E-state index contributed by atoms with van der Waals surface area (Å²) in [5.41, 5.74) is 3.11. The first kappa shape index (κ1) is 17.1. The average molecular weight is 335 g/mol. The second-order valence-corrected chi connectivity index (χ2v) is 5.69. The predicted molar refractivity (Wildman–Crippen MR) is 89.1 cm³/mol. The van der Waals surface area contributed by atoms with Gasteiger partial charge in [0.1, 0.15) is 5.69 Å². The van der Waals surface area contributed by atoms with Crippen LogP contribution in [-0.4, -0.2) is 30.5 Å². The van der Waals surface area contributed by atoms with Crippen LogP contribution in [0.15, 0.2) is 24.3 Å². The minimum Gasteiger partial charge on any atom is -0.465 e. The highest BCUT2D eigenvalue weighted by molar-refractivity contribution is 6.30. The minimum absolute atomic E-state index is 0.241. The highest BCUT2D eigenvalue weighted by Crippen LogP contribution is 2.18. The largest absolute Gasteiger partial charge is 0.465 e. The predicted octanol–water partition coefficient (Wildman–Crippen LogP) is 3.04. The Kier molecular flexibility index (Phi) is 5.45. The molecule has 0 atom stereocenters. The number of esters is 1. The average Bonchev–Trinajstić information content (AvgIpc) is 2.83. The molecule has 2 aromatic rings. The number of amides is 1. The fraction of sp³-hybridized carbons (Fsp3) is 0.294. The van der Waals surface area contributed by atoms with Crippen LogP contribution in [0.2, 0.25) is 5.02 Å². The van der Waals surface area contributed by atoms with E-state index in [-0.39, 0.29) is 5.91 Å². The molecule has 0 aliphatic carbocycles. The van der Waals surface area contributed by atoms with Crippen molar-refractivity contribution in [2.45, 2.75) is 20.3 Å². The number of halogens is 1. The molecule has 0 unspecified atom stereocenters. The van der Waals surface area contributed by atoms with Crippen molar-refractivity contribution in [1.29, 1.82) is 0 Å². The Labute approximate surface area is 140 Å². The van der Waals surface area contributed by atoms with Crippen molar-refractivity contribution in [3.63, 3.8) is 0 Å². The van der Waals surface area contributed by atoms with Crippen LogP contribution < -0.4 is 5.32 Å². The molecule has 1 amide bonds. The van der Waals surface area contributed by atoms with E-state index in [0.29, 0.717) is 40.5 Å². The number of aryl methyl sites for hydroxylation is 1. The Morgan fingerprint density at radius 2 is 1.87 bits per heavy atom. The first-order valence-corrected chi connectivity index (χ1v) is 7.62. The maximum atomic E-state index is 12.3. The van der Waals surface area contributed by atoms with Gasteiger partial charge in [0.25, 0.3) is 5.91 Å². The van der Waals surface area contributed by atoms with Gasteiger partial charge in [-0.25, -0.2) is 4.79 Å². The summed E-state index contributed by atoms with van der Waals surface area (Å²) in [5.74, 6) is -0.689. The smallest absolute Gasteiger partial charge is 0.339 e. The molecule has 0 bridgehead atoms. The van der Waals surface area contributed by atoms with Crippen LogP contribution in [-0.2, 0) is 11.2 Å². The van der Waals surface area contributed by atoms with Gasteiger partial charge in [-0.2, -0.15) is 0 Å². The molecule has 2 N–H and O–H groups in total. The number of hydrogen-bond donors (Lipinski definition) is 2. The zero-order valence-corrected chi connectivity index (χ0v) is 14.1. The summed E-state index contributed by atoms with van der Waals surface area (Å²) < 4.78 is 4.74. The molecule has 0 saturated carbocycles. The number of aromatic nitrogens is 1. The fourth-order valence-corrected chi connectivity index (χ4v) is 2.57. The van der Waals surface area contributed by atoms with Gasteiger partial charge >= 0.3 is 5.97 Å².